The van der Waals surface area contributed by atoms with Crippen LogP contribution >= 0.6 is 11.3 Å². The predicted molar refractivity (Wildman–Crippen MR) is 155 cm³/mol. The average Bonchev–Trinajstić information content (AvgIpc) is 3.45. The van der Waals surface area contributed by atoms with Gasteiger partial charge < -0.3 is 9.47 Å². The number of benzene rings is 5. The summed E-state index contributed by atoms with van der Waals surface area (Å²) in [6, 6.07) is 39.8. The molecule has 0 saturated heterocycles. The number of hydrogen-bond donors (Lipinski definition) is 0. The highest BCUT2D eigenvalue weighted by atomic mass is 32.1. The molecule has 5 aromatic carbocycles. The Labute approximate surface area is 213 Å². The second-order valence-electron chi connectivity index (χ2n) is 10.2. The smallest absolute Gasteiger partial charge is 0.0779 e. The number of fused-ring (bicyclic) bond motifs is 8. The molecule has 0 unspecified atom stereocenters. The van der Waals surface area contributed by atoms with Crippen LogP contribution in [0.25, 0.3) is 47.7 Å². The van der Waals surface area contributed by atoms with Crippen molar-refractivity contribution in [3.63, 3.8) is 0 Å². The Balaban J connectivity index is 1.51. The van der Waals surface area contributed by atoms with Gasteiger partial charge in [-0.25, -0.2) is 0 Å². The van der Waals surface area contributed by atoms with Crippen LogP contribution in [0.3, 0.4) is 0 Å². The van der Waals surface area contributed by atoms with E-state index in [1.807, 2.05) is 11.3 Å². The minimum atomic E-state index is -0.112. The molecule has 0 amide bonds. The van der Waals surface area contributed by atoms with E-state index in [2.05, 4.69) is 133 Å². The van der Waals surface area contributed by atoms with Crippen molar-refractivity contribution in [2.75, 3.05) is 4.90 Å². The quantitative estimate of drug-likeness (QED) is 0.239. The highest BCUT2D eigenvalue weighted by Crippen LogP contribution is 2.58. The van der Waals surface area contributed by atoms with Crippen molar-refractivity contribution >= 4 is 64.7 Å². The van der Waals surface area contributed by atoms with Crippen molar-refractivity contribution in [2.45, 2.75) is 19.4 Å². The molecule has 2 nitrogen and oxygen atoms in total. The van der Waals surface area contributed by atoms with E-state index in [1.54, 1.807) is 0 Å². The molecular weight excluding hydrogens is 456 g/mol. The van der Waals surface area contributed by atoms with E-state index >= 15 is 0 Å². The summed E-state index contributed by atoms with van der Waals surface area (Å²) in [6.07, 6.45) is 0. The van der Waals surface area contributed by atoms with Crippen LogP contribution in [0, 0.1) is 0 Å². The monoisotopic (exact) mass is 480 g/mol. The fourth-order valence-corrected chi connectivity index (χ4v) is 7.43. The van der Waals surface area contributed by atoms with Crippen molar-refractivity contribution in [1.82, 2.24) is 4.57 Å². The molecule has 1 aliphatic heterocycles. The maximum Gasteiger partial charge on any atom is 0.0779 e. The highest BCUT2D eigenvalue weighted by molar-refractivity contribution is 7.26. The van der Waals surface area contributed by atoms with Gasteiger partial charge in [0, 0.05) is 42.2 Å². The van der Waals surface area contributed by atoms with Crippen LogP contribution in [0.15, 0.2) is 109 Å². The van der Waals surface area contributed by atoms with Crippen LogP contribution in [-0.4, -0.2) is 4.57 Å². The topological polar surface area (TPSA) is 8.17 Å². The number of rotatable bonds is 2. The largest absolute Gasteiger partial charge is 0.329 e. The molecule has 0 aliphatic carbocycles. The van der Waals surface area contributed by atoms with Gasteiger partial charge in [0.1, 0.15) is 0 Å². The average molecular weight is 481 g/mol. The molecule has 0 fully saturated rings. The molecule has 0 saturated carbocycles. The van der Waals surface area contributed by atoms with Crippen molar-refractivity contribution in [2.24, 2.45) is 0 Å². The number of anilines is 2. The normalized spacial score (nSPS) is 14.6. The van der Waals surface area contributed by atoms with Gasteiger partial charge in [-0.2, -0.15) is 0 Å². The lowest BCUT2D eigenvalue weighted by Gasteiger charge is -2.52. The van der Waals surface area contributed by atoms with E-state index in [4.69, 9.17) is 0 Å². The first-order valence-electron chi connectivity index (χ1n) is 12.5. The minimum absolute atomic E-state index is 0.112. The highest BCUT2D eigenvalue weighted by Gasteiger charge is 2.45. The summed E-state index contributed by atoms with van der Waals surface area (Å²) in [5.41, 5.74) is 7.61. The number of aromatic nitrogens is 1. The lowest BCUT2D eigenvalue weighted by Crippen LogP contribution is -2.47. The first kappa shape index (κ1) is 20.1. The third-order valence-electron chi connectivity index (χ3n) is 7.89. The van der Waals surface area contributed by atoms with Gasteiger partial charge in [-0.15, -0.1) is 11.3 Å². The Kier molecular flexibility index (Phi) is 3.91. The molecule has 8 rings (SSSR count). The maximum atomic E-state index is 2.59. The molecule has 1 aliphatic rings. The SMILES string of the molecule is CC1(C)c2ccc3sc4ccccc4c3c2N1c1cccc2c3ccccc3n(-c3ccccc3)c12. The summed E-state index contributed by atoms with van der Waals surface area (Å²) < 4.78 is 5.15. The van der Waals surface area contributed by atoms with Crippen molar-refractivity contribution in [3.8, 4) is 5.69 Å². The Morgan fingerprint density at radius 2 is 1.33 bits per heavy atom. The zero-order valence-corrected chi connectivity index (χ0v) is 21.0. The Morgan fingerprint density at radius 3 is 2.19 bits per heavy atom. The van der Waals surface area contributed by atoms with Gasteiger partial charge >= 0.3 is 0 Å². The van der Waals surface area contributed by atoms with Gasteiger partial charge in [0.25, 0.3) is 0 Å². The third-order valence-corrected chi connectivity index (χ3v) is 9.02. The summed E-state index contributed by atoms with van der Waals surface area (Å²) in [7, 11) is 0. The van der Waals surface area contributed by atoms with Crippen molar-refractivity contribution in [1.29, 1.82) is 0 Å². The summed E-state index contributed by atoms with van der Waals surface area (Å²) in [4.78, 5) is 2.59. The summed E-state index contributed by atoms with van der Waals surface area (Å²) in [5, 5.41) is 5.31. The third kappa shape index (κ3) is 2.46. The molecule has 3 heterocycles. The Bertz CT molecular complexity index is 1970. The number of thiophene rings is 1. The predicted octanol–water partition coefficient (Wildman–Crippen LogP) is 9.54. The molecule has 3 heteroatoms. The Morgan fingerprint density at radius 1 is 0.611 bits per heavy atom. The van der Waals surface area contributed by atoms with Gasteiger partial charge in [-0.1, -0.05) is 72.8 Å². The zero-order valence-electron chi connectivity index (χ0n) is 20.2. The lowest BCUT2D eigenvalue weighted by atomic mass is 9.79. The van der Waals surface area contributed by atoms with E-state index in [0.29, 0.717) is 0 Å². The van der Waals surface area contributed by atoms with E-state index in [-0.39, 0.29) is 5.54 Å². The molecule has 36 heavy (non-hydrogen) atoms. The van der Waals surface area contributed by atoms with Gasteiger partial charge in [0.15, 0.2) is 0 Å². The minimum Gasteiger partial charge on any atom is -0.329 e. The van der Waals surface area contributed by atoms with Crippen molar-refractivity contribution in [3.05, 3.63) is 115 Å². The van der Waals surface area contributed by atoms with Gasteiger partial charge in [-0.05, 0) is 50.2 Å². The molecular formula is C33H24N2S. The van der Waals surface area contributed by atoms with Gasteiger partial charge in [0.05, 0.1) is 27.9 Å². The van der Waals surface area contributed by atoms with Gasteiger partial charge in [-0.3, -0.25) is 0 Å². The van der Waals surface area contributed by atoms with Gasteiger partial charge in [0.2, 0.25) is 0 Å². The van der Waals surface area contributed by atoms with Crippen LogP contribution in [0.4, 0.5) is 11.4 Å². The van der Waals surface area contributed by atoms with Crippen LogP contribution in [-0.2, 0) is 5.54 Å². The molecule has 0 bridgehead atoms. The van der Waals surface area contributed by atoms with E-state index in [1.165, 1.54) is 64.6 Å². The number of nitrogens with zero attached hydrogens (tertiary/aromatic N) is 2. The lowest BCUT2D eigenvalue weighted by molar-refractivity contribution is 0.488. The van der Waals surface area contributed by atoms with Crippen LogP contribution in [0.2, 0.25) is 0 Å². The summed E-state index contributed by atoms with van der Waals surface area (Å²) in [5.74, 6) is 0. The molecule has 172 valence electrons. The summed E-state index contributed by atoms with van der Waals surface area (Å²) >= 11 is 1.89. The maximum absolute atomic E-state index is 2.59. The number of para-hydroxylation sites is 3. The fraction of sp³-hybridized carbons (Fsp3) is 0.0909. The van der Waals surface area contributed by atoms with Crippen molar-refractivity contribution < 1.29 is 0 Å². The zero-order chi connectivity index (χ0) is 24.0. The Hall–Kier alpha value is -4.08. The van der Waals surface area contributed by atoms with Crippen LogP contribution < -0.4 is 4.90 Å². The molecule has 0 atom stereocenters. The van der Waals surface area contributed by atoms with E-state index in [9.17, 15) is 0 Å². The first-order valence-corrected chi connectivity index (χ1v) is 13.3. The van der Waals surface area contributed by atoms with Crippen LogP contribution in [0.1, 0.15) is 19.4 Å². The number of hydrogen-bond acceptors (Lipinski definition) is 2. The van der Waals surface area contributed by atoms with E-state index < -0.39 is 0 Å². The van der Waals surface area contributed by atoms with E-state index in [0.717, 1.165) is 0 Å². The molecule has 0 N–H and O–H groups in total. The molecule has 0 spiro atoms. The van der Waals surface area contributed by atoms with Crippen LogP contribution in [0.5, 0.6) is 0 Å². The summed E-state index contributed by atoms with van der Waals surface area (Å²) in [6.45, 7) is 4.70. The molecule has 0 radical (unpaired) electrons. The molecule has 7 aromatic rings. The second kappa shape index (κ2) is 6.99. The second-order valence-corrected chi connectivity index (χ2v) is 11.3. The fourth-order valence-electron chi connectivity index (χ4n) is 6.32. The first-order chi connectivity index (χ1) is 17.6. The standard InChI is InChI=1S/C33H24N2S/c1-33(2)25-19-20-29-30(24-14-7-9-18-28(24)36-29)32(25)35(33)27-17-10-15-23-22-13-6-8-16-26(22)34(31(23)27)21-11-4-3-5-12-21/h3-20H,1-2H3. The molecule has 2 aromatic heterocycles.